The lowest BCUT2D eigenvalue weighted by Gasteiger charge is -2.29. The Bertz CT molecular complexity index is 788. The maximum atomic E-state index is 12.7. The van der Waals surface area contributed by atoms with Gasteiger partial charge in [0.15, 0.2) is 0 Å². The van der Waals surface area contributed by atoms with Crippen molar-refractivity contribution in [3.05, 3.63) is 35.4 Å². The molecule has 0 saturated carbocycles. The third kappa shape index (κ3) is 5.32. The molecule has 1 aromatic rings. The minimum atomic E-state index is -0.736. The van der Waals surface area contributed by atoms with E-state index < -0.39 is 12.0 Å². The fraction of sp³-hybridized carbons (Fsp3) is 0.476. The second-order valence-electron chi connectivity index (χ2n) is 7.05. The van der Waals surface area contributed by atoms with Gasteiger partial charge >= 0.3 is 5.97 Å². The molecular weight excluding hydrogens is 390 g/mol. The molecule has 2 fully saturated rings. The first kappa shape index (κ1) is 21.2. The summed E-state index contributed by atoms with van der Waals surface area (Å²) in [5.41, 5.74) is 1.83. The Hall–Kier alpha value is -2.48. The molecule has 2 amide bonds. The lowest BCUT2D eigenvalue weighted by Crippen LogP contribution is -2.42. The van der Waals surface area contributed by atoms with Crippen molar-refractivity contribution in [2.45, 2.75) is 39.2 Å². The summed E-state index contributed by atoms with van der Waals surface area (Å²) in [6.45, 7) is 5.75. The van der Waals surface area contributed by atoms with Gasteiger partial charge in [-0.2, -0.15) is 0 Å². The number of nitrogens with one attached hydrogen (secondary N) is 1. The second-order valence-corrected chi connectivity index (χ2v) is 8.04. The molecule has 0 aliphatic carbocycles. The molecule has 2 heterocycles. The van der Waals surface area contributed by atoms with Crippen molar-refractivity contribution in [3.63, 3.8) is 0 Å². The summed E-state index contributed by atoms with van der Waals surface area (Å²) < 4.78 is 4.91. The minimum absolute atomic E-state index is 0.200. The highest BCUT2D eigenvalue weighted by Gasteiger charge is 2.35. The molecular formula is C21H27N3O4S. The summed E-state index contributed by atoms with van der Waals surface area (Å²) in [5.74, 6) is -0.821. The van der Waals surface area contributed by atoms with Crippen molar-refractivity contribution in [1.82, 2.24) is 4.90 Å². The molecule has 2 aliphatic heterocycles. The Kier molecular flexibility index (Phi) is 7.19. The maximum absolute atomic E-state index is 12.7. The van der Waals surface area contributed by atoms with Crippen LogP contribution in [0.5, 0.6) is 0 Å². The number of amides is 2. The van der Waals surface area contributed by atoms with Crippen molar-refractivity contribution >= 4 is 40.9 Å². The first-order valence-electron chi connectivity index (χ1n) is 9.98. The molecule has 0 spiro atoms. The van der Waals surface area contributed by atoms with Gasteiger partial charge in [0.25, 0.3) is 0 Å². The summed E-state index contributed by atoms with van der Waals surface area (Å²) in [7, 11) is 0. The van der Waals surface area contributed by atoms with Gasteiger partial charge in [-0.15, -0.1) is 0 Å². The zero-order chi connectivity index (χ0) is 20.8. The Morgan fingerprint density at radius 3 is 2.55 bits per heavy atom. The third-order valence-corrected chi connectivity index (χ3v) is 6.00. The van der Waals surface area contributed by atoms with Crippen molar-refractivity contribution in [2.24, 2.45) is 0 Å². The lowest BCUT2D eigenvalue weighted by atomic mass is 10.1. The Morgan fingerprint density at radius 2 is 1.90 bits per heavy atom. The molecule has 7 nitrogen and oxygen atoms in total. The fourth-order valence-electron chi connectivity index (χ4n) is 3.47. The average Bonchev–Trinajstić information content (AvgIpc) is 3.08. The molecule has 1 N–H and O–H groups in total. The van der Waals surface area contributed by atoms with Crippen LogP contribution in [0, 0.1) is 0 Å². The SMILES string of the molecule is CCOC(=O)/C=C1\SCC(=O)N1[C@H](C)C(=O)Nc1ccc(N2CCCCC2)cc1. The van der Waals surface area contributed by atoms with Gasteiger partial charge in [-0.25, -0.2) is 4.79 Å². The lowest BCUT2D eigenvalue weighted by molar-refractivity contribution is -0.137. The van der Waals surface area contributed by atoms with Crippen LogP contribution in [0.15, 0.2) is 35.4 Å². The largest absolute Gasteiger partial charge is 0.463 e. The number of rotatable bonds is 6. The molecule has 0 aromatic heterocycles. The number of thioether (sulfide) groups is 1. The van der Waals surface area contributed by atoms with Crippen LogP contribution in [0.3, 0.4) is 0 Å². The van der Waals surface area contributed by atoms with E-state index in [1.807, 2.05) is 24.3 Å². The average molecular weight is 418 g/mol. The van der Waals surface area contributed by atoms with Crippen LogP contribution in [0.4, 0.5) is 11.4 Å². The number of benzene rings is 1. The van der Waals surface area contributed by atoms with E-state index in [-0.39, 0.29) is 24.2 Å². The standard InChI is InChI=1S/C21H27N3O4S/c1-3-28-20(26)13-19-24(18(25)14-29-19)15(2)21(27)22-16-7-9-17(10-8-16)23-11-5-4-6-12-23/h7-10,13,15H,3-6,11-12,14H2,1-2H3,(H,22,27)/b19-13-/t15-/m1/s1. The summed E-state index contributed by atoms with van der Waals surface area (Å²) in [5, 5.41) is 3.31. The summed E-state index contributed by atoms with van der Waals surface area (Å²) >= 11 is 1.23. The number of carbonyl (C=O) groups excluding carboxylic acids is 3. The quantitative estimate of drug-likeness (QED) is 0.566. The Morgan fingerprint density at radius 1 is 1.21 bits per heavy atom. The van der Waals surface area contributed by atoms with E-state index in [2.05, 4.69) is 10.2 Å². The van der Waals surface area contributed by atoms with Crippen molar-refractivity contribution in [2.75, 3.05) is 35.7 Å². The van der Waals surface area contributed by atoms with Gasteiger partial charge in [0.1, 0.15) is 6.04 Å². The van der Waals surface area contributed by atoms with Gasteiger partial charge in [-0.1, -0.05) is 11.8 Å². The number of piperidine rings is 1. The summed E-state index contributed by atoms with van der Waals surface area (Å²) in [6.07, 6.45) is 4.97. The van der Waals surface area contributed by atoms with Gasteiger partial charge in [0, 0.05) is 24.5 Å². The third-order valence-electron chi connectivity index (χ3n) is 5.00. The normalized spacial score (nSPS) is 19.4. The van der Waals surface area contributed by atoms with Gasteiger partial charge in [0.2, 0.25) is 11.8 Å². The number of hydrogen-bond acceptors (Lipinski definition) is 6. The fourth-order valence-corrected chi connectivity index (χ4v) is 4.46. The van der Waals surface area contributed by atoms with E-state index >= 15 is 0 Å². The molecule has 1 atom stereocenters. The first-order valence-corrected chi connectivity index (χ1v) is 11.0. The summed E-state index contributed by atoms with van der Waals surface area (Å²) in [6, 6.07) is 7.04. The Labute approximate surface area is 175 Å². The number of ether oxygens (including phenoxy) is 1. The van der Waals surface area contributed by atoms with Gasteiger partial charge in [-0.05, 0) is 57.4 Å². The topological polar surface area (TPSA) is 79.0 Å². The highest BCUT2D eigenvalue weighted by molar-refractivity contribution is 8.04. The molecule has 1 aromatic carbocycles. The number of nitrogens with zero attached hydrogens (tertiary/aromatic N) is 2. The first-order chi connectivity index (χ1) is 14.0. The Balaban J connectivity index is 1.64. The van der Waals surface area contributed by atoms with E-state index in [1.54, 1.807) is 13.8 Å². The molecule has 2 saturated heterocycles. The van der Waals surface area contributed by atoms with Crippen LogP contribution >= 0.6 is 11.8 Å². The second kappa shape index (κ2) is 9.82. The highest BCUT2D eigenvalue weighted by Crippen LogP contribution is 2.31. The van der Waals surface area contributed by atoms with Crippen LogP contribution in [-0.2, 0) is 19.1 Å². The molecule has 8 heteroatoms. The maximum Gasteiger partial charge on any atom is 0.333 e. The molecule has 2 aliphatic rings. The van der Waals surface area contributed by atoms with Crippen LogP contribution < -0.4 is 10.2 Å². The molecule has 0 unspecified atom stereocenters. The summed E-state index contributed by atoms with van der Waals surface area (Å²) in [4.78, 5) is 40.4. The molecule has 29 heavy (non-hydrogen) atoms. The number of hydrogen-bond donors (Lipinski definition) is 1. The highest BCUT2D eigenvalue weighted by atomic mass is 32.2. The van der Waals surface area contributed by atoms with E-state index in [0.29, 0.717) is 10.7 Å². The number of anilines is 2. The van der Waals surface area contributed by atoms with Crippen LogP contribution in [0.25, 0.3) is 0 Å². The van der Waals surface area contributed by atoms with E-state index in [9.17, 15) is 14.4 Å². The van der Waals surface area contributed by atoms with E-state index in [4.69, 9.17) is 4.74 Å². The molecule has 156 valence electrons. The molecule has 0 radical (unpaired) electrons. The molecule has 3 rings (SSSR count). The van der Waals surface area contributed by atoms with E-state index in [1.165, 1.54) is 42.0 Å². The van der Waals surface area contributed by atoms with Crippen molar-refractivity contribution in [3.8, 4) is 0 Å². The van der Waals surface area contributed by atoms with Crippen molar-refractivity contribution in [1.29, 1.82) is 0 Å². The zero-order valence-electron chi connectivity index (χ0n) is 16.8. The predicted molar refractivity (Wildman–Crippen MR) is 115 cm³/mol. The van der Waals surface area contributed by atoms with Gasteiger partial charge in [0.05, 0.1) is 23.5 Å². The zero-order valence-corrected chi connectivity index (χ0v) is 17.7. The number of esters is 1. The molecule has 0 bridgehead atoms. The van der Waals surface area contributed by atoms with E-state index in [0.717, 1.165) is 18.8 Å². The minimum Gasteiger partial charge on any atom is -0.463 e. The van der Waals surface area contributed by atoms with Gasteiger partial charge in [-0.3, -0.25) is 14.5 Å². The predicted octanol–water partition coefficient (Wildman–Crippen LogP) is 2.98. The smallest absolute Gasteiger partial charge is 0.333 e. The number of carbonyl (C=O) groups is 3. The van der Waals surface area contributed by atoms with Crippen molar-refractivity contribution < 1.29 is 19.1 Å². The van der Waals surface area contributed by atoms with Crippen LogP contribution in [-0.4, -0.2) is 54.2 Å². The monoisotopic (exact) mass is 417 g/mol. The van der Waals surface area contributed by atoms with Crippen LogP contribution in [0.2, 0.25) is 0 Å². The van der Waals surface area contributed by atoms with Gasteiger partial charge < -0.3 is 15.0 Å². The van der Waals surface area contributed by atoms with Crippen LogP contribution in [0.1, 0.15) is 33.1 Å².